The number of hydrogen-bond donors (Lipinski definition) is 1. The Bertz CT molecular complexity index is 266. The quantitative estimate of drug-likeness (QED) is 0.771. The molecular weight excluding hydrogens is 166 g/mol. The van der Waals surface area contributed by atoms with Crippen LogP contribution in [0.5, 0.6) is 0 Å². The highest BCUT2D eigenvalue weighted by atomic mass is 16.5. The number of aliphatic hydroxyl groups excluding tert-OH is 1. The summed E-state index contributed by atoms with van der Waals surface area (Å²) in [5.41, 5.74) is 1.11. The maximum absolute atomic E-state index is 8.64. The van der Waals surface area contributed by atoms with Crippen LogP contribution in [-0.2, 0) is 6.42 Å². The van der Waals surface area contributed by atoms with Crippen molar-refractivity contribution in [1.29, 1.82) is 0 Å². The number of aliphatic hydroxyl groups is 1. The summed E-state index contributed by atoms with van der Waals surface area (Å²) in [6.07, 6.45) is 5.40. The number of aromatic nitrogens is 1. The average molecular weight is 181 g/mol. The Kier molecular flexibility index (Phi) is 2.64. The highest BCUT2D eigenvalue weighted by Crippen LogP contribution is 2.35. The largest absolute Gasteiger partial charge is 0.396 e. The first-order chi connectivity index (χ1) is 6.40. The van der Waals surface area contributed by atoms with Crippen LogP contribution in [0.2, 0.25) is 0 Å². The van der Waals surface area contributed by atoms with E-state index in [0.29, 0.717) is 5.92 Å². The third kappa shape index (κ3) is 1.91. The summed E-state index contributed by atoms with van der Waals surface area (Å²) in [6.45, 7) is 0.222. The fourth-order valence-electron chi connectivity index (χ4n) is 1.60. The van der Waals surface area contributed by atoms with Gasteiger partial charge >= 0.3 is 0 Å². The van der Waals surface area contributed by atoms with Crippen molar-refractivity contribution >= 4 is 0 Å². The molecule has 3 heteroatoms. The van der Waals surface area contributed by atoms with Gasteiger partial charge in [-0.15, -0.1) is 0 Å². The van der Waals surface area contributed by atoms with Crippen molar-refractivity contribution in [3.8, 4) is 0 Å². The maximum atomic E-state index is 8.64. The second kappa shape index (κ2) is 3.92. The highest BCUT2D eigenvalue weighted by Gasteiger charge is 2.22. The minimum absolute atomic E-state index is 0.222. The van der Waals surface area contributed by atoms with Crippen LogP contribution in [0.1, 0.15) is 43.1 Å². The van der Waals surface area contributed by atoms with Gasteiger partial charge in [-0.25, -0.2) is 0 Å². The smallest absolute Gasteiger partial charge is 0.137 e. The van der Waals surface area contributed by atoms with Gasteiger partial charge in [0, 0.05) is 25.0 Å². The second-order valence-corrected chi connectivity index (χ2v) is 3.67. The lowest BCUT2D eigenvalue weighted by atomic mass is 9.83. The lowest BCUT2D eigenvalue weighted by Crippen LogP contribution is -2.08. The van der Waals surface area contributed by atoms with Crippen LogP contribution in [0.4, 0.5) is 0 Å². The number of nitrogens with zero attached hydrogens (tertiary/aromatic N) is 1. The fraction of sp³-hybridized carbons (Fsp3) is 0.700. The van der Waals surface area contributed by atoms with Crippen molar-refractivity contribution in [3.63, 3.8) is 0 Å². The van der Waals surface area contributed by atoms with Crippen molar-refractivity contribution in [2.24, 2.45) is 0 Å². The molecule has 72 valence electrons. The van der Waals surface area contributed by atoms with E-state index in [1.54, 1.807) is 0 Å². The van der Waals surface area contributed by atoms with Crippen LogP contribution in [0.3, 0.4) is 0 Å². The lowest BCUT2D eigenvalue weighted by molar-refractivity contribution is 0.279. The topological polar surface area (TPSA) is 46.3 Å². The molecule has 1 N–H and O–H groups in total. The first-order valence-corrected chi connectivity index (χ1v) is 4.96. The van der Waals surface area contributed by atoms with Crippen molar-refractivity contribution in [1.82, 2.24) is 5.16 Å². The van der Waals surface area contributed by atoms with Crippen molar-refractivity contribution in [2.45, 2.75) is 38.0 Å². The molecule has 0 spiro atoms. The Labute approximate surface area is 77.7 Å². The summed E-state index contributed by atoms with van der Waals surface area (Å²) in [4.78, 5) is 0. The second-order valence-electron chi connectivity index (χ2n) is 3.67. The number of rotatable bonds is 4. The van der Waals surface area contributed by atoms with Gasteiger partial charge < -0.3 is 9.63 Å². The van der Waals surface area contributed by atoms with E-state index in [0.717, 1.165) is 24.3 Å². The zero-order valence-electron chi connectivity index (χ0n) is 7.70. The van der Waals surface area contributed by atoms with Gasteiger partial charge in [0.15, 0.2) is 0 Å². The Hall–Kier alpha value is -0.830. The minimum Gasteiger partial charge on any atom is -0.396 e. The summed E-state index contributed by atoms with van der Waals surface area (Å²) >= 11 is 0. The molecule has 0 aliphatic heterocycles. The monoisotopic (exact) mass is 181 g/mol. The van der Waals surface area contributed by atoms with E-state index in [2.05, 4.69) is 5.16 Å². The molecule has 0 bridgehead atoms. The summed E-state index contributed by atoms with van der Waals surface area (Å²) in [5, 5.41) is 12.7. The van der Waals surface area contributed by atoms with E-state index in [9.17, 15) is 0 Å². The average Bonchev–Trinajstić information content (AvgIpc) is 2.46. The Balaban J connectivity index is 1.92. The van der Waals surface area contributed by atoms with Gasteiger partial charge in [0.05, 0.1) is 5.69 Å². The zero-order valence-corrected chi connectivity index (χ0v) is 7.70. The van der Waals surface area contributed by atoms with Crippen molar-refractivity contribution in [3.05, 3.63) is 17.5 Å². The number of aryl methyl sites for hydroxylation is 1. The molecule has 0 saturated heterocycles. The molecule has 2 rings (SSSR count). The minimum atomic E-state index is 0.222. The van der Waals surface area contributed by atoms with Gasteiger partial charge in [-0.05, 0) is 19.3 Å². The molecule has 1 aromatic heterocycles. The molecule has 1 fully saturated rings. The normalized spacial score (nSPS) is 17.3. The fourth-order valence-corrected chi connectivity index (χ4v) is 1.60. The van der Waals surface area contributed by atoms with Gasteiger partial charge in [0.25, 0.3) is 0 Å². The van der Waals surface area contributed by atoms with Gasteiger partial charge in [0.2, 0.25) is 0 Å². The van der Waals surface area contributed by atoms with E-state index in [1.807, 2.05) is 6.07 Å². The van der Waals surface area contributed by atoms with E-state index in [-0.39, 0.29) is 6.61 Å². The van der Waals surface area contributed by atoms with Gasteiger partial charge in [-0.2, -0.15) is 0 Å². The van der Waals surface area contributed by atoms with E-state index in [4.69, 9.17) is 9.63 Å². The van der Waals surface area contributed by atoms with Crippen LogP contribution in [0, 0.1) is 0 Å². The van der Waals surface area contributed by atoms with Gasteiger partial charge in [-0.3, -0.25) is 0 Å². The van der Waals surface area contributed by atoms with Crippen molar-refractivity contribution in [2.75, 3.05) is 6.61 Å². The molecule has 3 nitrogen and oxygen atoms in total. The number of hydrogen-bond acceptors (Lipinski definition) is 3. The van der Waals surface area contributed by atoms with Crippen molar-refractivity contribution < 1.29 is 9.63 Å². The third-order valence-electron chi connectivity index (χ3n) is 2.68. The first-order valence-electron chi connectivity index (χ1n) is 4.96. The third-order valence-corrected chi connectivity index (χ3v) is 2.68. The van der Waals surface area contributed by atoms with Crippen LogP contribution >= 0.6 is 0 Å². The van der Waals surface area contributed by atoms with Gasteiger partial charge in [-0.1, -0.05) is 11.6 Å². The molecular formula is C10H15NO2. The summed E-state index contributed by atoms with van der Waals surface area (Å²) in [5.74, 6) is 1.56. The Morgan fingerprint density at radius 3 is 3.00 bits per heavy atom. The van der Waals surface area contributed by atoms with Crippen LogP contribution in [0.25, 0.3) is 0 Å². The lowest BCUT2D eigenvalue weighted by Gasteiger charge is -2.22. The SMILES string of the molecule is OCCCc1cc(C2CCC2)no1. The molecule has 1 aromatic rings. The summed E-state index contributed by atoms with van der Waals surface area (Å²) in [6, 6.07) is 2.04. The predicted octanol–water partition coefficient (Wildman–Crippen LogP) is 1.87. The van der Waals surface area contributed by atoms with E-state index >= 15 is 0 Å². The van der Waals surface area contributed by atoms with Crippen LogP contribution in [-0.4, -0.2) is 16.9 Å². The molecule has 1 aliphatic carbocycles. The molecule has 0 radical (unpaired) electrons. The molecule has 1 heterocycles. The Morgan fingerprint density at radius 2 is 2.38 bits per heavy atom. The predicted molar refractivity (Wildman–Crippen MR) is 48.5 cm³/mol. The zero-order chi connectivity index (χ0) is 9.10. The van der Waals surface area contributed by atoms with Crippen LogP contribution < -0.4 is 0 Å². The molecule has 0 amide bonds. The van der Waals surface area contributed by atoms with Crippen LogP contribution in [0.15, 0.2) is 10.6 Å². The molecule has 0 aromatic carbocycles. The maximum Gasteiger partial charge on any atom is 0.137 e. The molecule has 1 aliphatic rings. The molecule has 0 unspecified atom stereocenters. The molecule has 0 atom stereocenters. The first kappa shape index (κ1) is 8.75. The highest BCUT2D eigenvalue weighted by molar-refractivity contribution is 5.12. The standard InChI is InChI=1S/C10H15NO2/c12-6-2-5-9-7-10(11-13-9)8-3-1-4-8/h7-8,12H,1-6H2. The Morgan fingerprint density at radius 1 is 1.54 bits per heavy atom. The molecule has 13 heavy (non-hydrogen) atoms. The van der Waals surface area contributed by atoms with E-state index in [1.165, 1.54) is 19.3 Å². The molecule has 1 saturated carbocycles. The summed E-state index contributed by atoms with van der Waals surface area (Å²) in [7, 11) is 0. The summed E-state index contributed by atoms with van der Waals surface area (Å²) < 4.78 is 5.16. The van der Waals surface area contributed by atoms with E-state index < -0.39 is 0 Å². The van der Waals surface area contributed by atoms with Gasteiger partial charge in [0.1, 0.15) is 5.76 Å².